The van der Waals surface area contributed by atoms with Gasteiger partial charge in [0, 0.05) is 30.6 Å². The van der Waals surface area contributed by atoms with Crippen molar-refractivity contribution in [1.29, 1.82) is 0 Å². The molecule has 0 aromatic heterocycles. The molecule has 2 aliphatic rings. The van der Waals surface area contributed by atoms with E-state index < -0.39 is 11.7 Å². The lowest BCUT2D eigenvalue weighted by Crippen LogP contribution is -2.47. The molecule has 1 aliphatic carbocycles. The lowest BCUT2D eigenvalue weighted by Gasteiger charge is -2.32. The molecule has 1 aliphatic heterocycles. The second-order valence-corrected chi connectivity index (χ2v) is 8.01. The van der Waals surface area contributed by atoms with Crippen molar-refractivity contribution in [2.75, 3.05) is 13.1 Å². The summed E-state index contributed by atoms with van der Waals surface area (Å²) in [4.78, 5) is 26.9. The summed E-state index contributed by atoms with van der Waals surface area (Å²) in [6.45, 7) is 1.16. The number of hydrogen-bond donors (Lipinski definition) is 1. The van der Waals surface area contributed by atoms with E-state index in [4.69, 9.17) is 0 Å². The van der Waals surface area contributed by atoms with Crippen LogP contribution in [0.15, 0.2) is 54.6 Å². The van der Waals surface area contributed by atoms with Gasteiger partial charge < -0.3 is 10.2 Å². The molecule has 2 unspecified atom stereocenters. The molecule has 2 aromatic carbocycles. The Bertz CT molecular complexity index is 904. The Hall–Kier alpha value is -2.83. The highest BCUT2D eigenvalue weighted by Gasteiger charge is 2.46. The number of hydrogen-bond acceptors (Lipinski definition) is 2. The van der Waals surface area contributed by atoms with Crippen LogP contribution in [0.5, 0.6) is 0 Å². The Morgan fingerprint density at radius 1 is 0.933 bits per heavy atom. The summed E-state index contributed by atoms with van der Waals surface area (Å²) >= 11 is 0. The molecule has 0 spiro atoms. The van der Waals surface area contributed by atoms with Crippen LogP contribution in [0.25, 0.3) is 0 Å². The van der Waals surface area contributed by atoms with Gasteiger partial charge in [-0.05, 0) is 55.0 Å². The average molecular weight is 416 g/mol. The zero-order valence-electron chi connectivity index (χ0n) is 16.4. The molecule has 0 bridgehead atoms. The summed E-state index contributed by atoms with van der Waals surface area (Å²) in [6.07, 6.45) is -2.28. The first-order valence-electron chi connectivity index (χ1n) is 10.1. The number of benzene rings is 2. The quantitative estimate of drug-likeness (QED) is 0.811. The second kappa shape index (κ2) is 8.13. The van der Waals surface area contributed by atoms with Crippen LogP contribution in [0.4, 0.5) is 13.2 Å². The van der Waals surface area contributed by atoms with Crippen molar-refractivity contribution in [3.05, 3.63) is 71.3 Å². The van der Waals surface area contributed by atoms with Crippen LogP contribution >= 0.6 is 0 Å². The Morgan fingerprint density at radius 3 is 2.17 bits per heavy atom. The average Bonchev–Trinajstić information content (AvgIpc) is 3.55. The van der Waals surface area contributed by atoms with Crippen LogP contribution in [-0.2, 0) is 11.0 Å². The van der Waals surface area contributed by atoms with Gasteiger partial charge in [0.25, 0.3) is 5.91 Å². The van der Waals surface area contributed by atoms with Crippen molar-refractivity contribution in [3.63, 3.8) is 0 Å². The monoisotopic (exact) mass is 416 g/mol. The van der Waals surface area contributed by atoms with Gasteiger partial charge in [0.1, 0.15) is 0 Å². The zero-order valence-corrected chi connectivity index (χ0v) is 16.4. The first kappa shape index (κ1) is 20.4. The maximum atomic E-state index is 12.8. The van der Waals surface area contributed by atoms with Gasteiger partial charge in [-0.3, -0.25) is 9.59 Å². The summed E-state index contributed by atoms with van der Waals surface area (Å²) in [6, 6.07) is 14.2. The number of nitrogens with one attached hydrogen (secondary N) is 1. The molecule has 2 fully saturated rings. The minimum atomic E-state index is -4.35. The van der Waals surface area contributed by atoms with Crippen molar-refractivity contribution in [2.24, 2.45) is 5.92 Å². The van der Waals surface area contributed by atoms with E-state index in [1.807, 2.05) is 23.1 Å². The van der Waals surface area contributed by atoms with Crippen LogP contribution < -0.4 is 5.32 Å². The molecule has 1 N–H and O–H groups in total. The predicted molar refractivity (Wildman–Crippen MR) is 106 cm³/mol. The standard InChI is InChI=1S/C23H23F3N2O2/c24-23(25,26)17-8-6-15(7-9-17)19-14-20(19)22(30)28-12-10-18(11-13-28)27-21(29)16-4-2-1-3-5-16/h1-9,18-20H,10-14H2,(H,27,29). The van der Waals surface area contributed by atoms with Gasteiger partial charge in [0.05, 0.1) is 5.56 Å². The Kier molecular flexibility index (Phi) is 5.54. The third-order valence-corrected chi connectivity index (χ3v) is 5.95. The minimum Gasteiger partial charge on any atom is -0.349 e. The summed E-state index contributed by atoms with van der Waals surface area (Å²) < 4.78 is 38.1. The Morgan fingerprint density at radius 2 is 1.57 bits per heavy atom. The highest BCUT2D eigenvalue weighted by molar-refractivity contribution is 5.94. The number of amides is 2. The van der Waals surface area contributed by atoms with Gasteiger partial charge in [-0.1, -0.05) is 30.3 Å². The SMILES string of the molecule is O=C(NC1CCN(C(=O)C2CC2c2ccc(C(F)(F)F)cc2)CC1)c1ccccc1. The number of alkyl halides is 3. The normalized spacial score (nSPS) is 21.9. The van der Waals surface area contributed by atoms with E-state index in [9.17, 15) is 22.8 Å². The molecular formula is C23H23F3N2O2. The smallest absolute Gasteiger partial charge is 0.349 e. The molecule has 1 saturated carbocycles. The van der Waals surface area contributed by atoms with Crippen molar-refractivity contribution >= 4 is 11.8 Å². The third-order valence-electron chi connectivity index (χ3n) is 5.95. The topological polar surface area (TPSA) is 49.4 Å². The fourth-order valence-corrected chi connectivity index (χ4v) is 4.09. The number of nitrogens with zero attached hydrogens (tertiary/aromatic N) is 1. The van der Waals surface area contributed by atoms with E-state index >= 15 is 0 Å². The third kappa shape index (κ3) is 4.50. The van der Waals surface area contributed by atoms with Crippen LogP contribution in [-0.4, -0.2) is 35.8 Å². The molecule has 2 amide bonds. The number of carbonyl (C=O) groups excluding carboxylic acids is 2. The first-order valence-corrected chi connectivity index (χ1v) is 10.1. The zero-order chi connectivity index (χ0) is 21.3. The Labute approximate surface area is 173 Å². The van der Waals surface area contributed by atoms with Crippen LogP contribution in [0, 0.1) is 5.92 Å². The van der Waals surface area contributed by atoms with Crippen LogP contribution in [0.3, 0.4) is 0 Å². The van der Waals surface area contributed by atoms with Gasteiger partial charge in [-0.15, -0.1) is 0 Å². The fourth-order valence-electron chi connectivity index (χ4n) is 4.09. The van der Waals surface area contributed by atoms with E-state index in [1.54, 1.807) is 12.1 Å². The maximum Gasteiger partial charge on any atom is 0.416 e. The lowest BCUT2D eigenvalue weighted by atomic mass is 10.0. The lowest BCUT2D eigenvalue weighted by molar-refractivity contribution is -0.137. The molecule has 30 heavy (non-hydrogen) atoms. The maximum absolute atomic E-state index is 12.8. The molecule has 4 nitrogen and oxygen atoms in total. The number of carbonyl (C=O) groups is 2. The van der Waals surface area contributed by atoms with E-state index in [0.29, 0.717) is 37.9 Å². The van der Waals surface area contributed by atoms with Gasteiger partial charge in [0.15, 0.2) is 0 Å². The van der Waals surface area contributed by atoms with Gasteiger partial charge >= 0.3 is 6.18 Å². The number of rotatable bonds is 4. The summed E-state index contributed by atoms with van der Waals surface area (Å²) in [5.41, 5.74) is 0.731. The van der Waals surface area contributed by atoms with E-state index in [2.05, 4.69) is 5.32 Å². The molecular weight excluding hydrogens is 393 g/mol. The van der Waals surface area contributed by atoms with Crippen LogP contribution in [0.1, 0.15) is 46.7 Å². The van der Waals surface area contributed by atoms with Crippen LogP contribution in [0.2, 0.25) is 0 Å². The van der Waals surface area contributed by atoms with Gasteiger partial charge in [0.2, 0.25) is 5.91 Å². The first-order chi connectivity index (χ1) is 14.3. The fraction of sp³-hybridized carbons (Fsp3) is 0.391. The predicted octanol–water partition coefficient (Wildman–Crippen LogP) is 4.23. The number of likely N-dealkylation sites (tertiary alicyclic amines) is 1. The molecule has 158 valence electrons. The van der Waals surface area contributed by atoms with Crippen molar-refractivity contribution in [2.45, 2.75) is 37.4 Å². The van der Waals surface area contributed by atoms with E-state index in [1.165, 1.54) is 12.1 Å². The Balaban J connectivity index is 1.27. The summed E-state index contributed by atoms with van der Waals surface area (Å²) in [7, 11) is 0. The van der Waals surface area contributed by atoms with Crippen molar-refractivity contribution in [1.82, 2.24) is 10.2 Å². The molecule has 1 saturated heterocycles. The minimum absolute atomic E-state index is 0.00436. The summed E-state index contributed by atoms with van der Waals surface area (Å²) in [5.74, 6) is -0.204. The van der Waals surface area contributed by atoms with Gasteiger partial charge in [-0.25, -0.2) is 0 Å². The highest BCUT2D eigenvalue weighted by Crippen LogP contribution is 2.49. The number of piperidine rings is 1. The molecule has 0 radical (unpaired) electrons. The second-order valence-electron chi connectivity index (χ2n) is 8.01. The number of halogens is 3. The molecule has 2 aromatic rings. The molecule has 2 atom stereocenters. The van der Waals surface area contributed by atoms with Crippen molar-refractivity contribution in [3.8, 4) is 0 Å². The molecule has 4 rings (SSSR count). The van der Waals surface area contributed by atoms with Gasteiger partial charge in [-0.2, -0.15) is 13.2 Å². The molecule has 7 heteroatoms. The van der Waals surface area contributed by atoms with Crippen molar-refractivity contribution < 1.29 is 22.8 Å². The largest absolute Gasteiger partial charge is 0.416 e. The van der Waals surface area contributed by atoms with E-state index in [0.717, 1.165) is 17.7 Å². The summed E-state index contributed by atoms with van der Waals surface area (Å²) in [5, 5.41) is 3.02. The van der Waals surface area contributed by atoms with E-state index in [-0.39, 0.29) is 29.7 Å². The highest BCUT2D eigenvalue weighted by atomic mass is 19.4. The molecule has 1 heterocycles.